The molecule has 32 heavy (non-hydrogen) atoms. The molecule has 3 N–H and O–H groups in total. The van der Waals surface area contributed by atoms with Crippen LogP contribution in [0.1, 0.15) is 46.0 Å². The average Bonchev–Trinajstić information content (AvgIpc) is 3.32. The van der Waals surface area contributed by atoms with E-state index in [0.29, 0.717) is 22.8 Å². The van der Waals surface area contributed by atoms with Crippen LogP contribution in [0.5, 0.6) is 5.75 Å². The maximum atomic E-state index is 12.4. The average molecular weight is 443 g/mol. The third kappa shape index (κ3) is 6.09. The number of hydrogen-bond acceptors (Lipinski definition) is 6. The van der Waals surface area contributed by atoms with Crippen molar-refractivity contribution < 1.29 is 23.5 Å². The van der Waals surface area contributed by atoms with Gasteiger partial charge < -0.3 is 25.1 Å². The van der Waals surface area contributed by atoms with Crippen molar-refractivity contribution in [3.8, 4) is 17.1 Å². The van der Waals surface area contributed by atoms with Crippen LogP contribution in [0.4, 0.5) is 5.69 Å². The number of rotatable bonds is 7. The van der Waals surface area contributed by atoms with E-state index in [1.165, 1.54) is 19.9 Å². The van der Waals surface area contributed by atoms with E-state index >= 15 is 0 Å². The van der Waals surface area contributed by atoms with Gasteiger partial charge in [-0.25, -0.2) is 4.98 Å². The molecule has 9 nitrogen and oxygen atoms in total. The van der Waals surface area contributed by atoms with Crippen molar-refractivity contribution in [2.24, 2.45) is 5.92 Å². The molecule has 0 atom stereocenters. The lowest BCUT2D eigenvalue weighted by molar-refractivity contribution is -0.137. The van der Waals surface area contributed by atoms with Crippen molar-refractivity contribution in [2.75, 3.05) is 19.0 Å². The molecule has 3 rings (SSSR count). The zero-order valence-electron chi connectivity index (χ0n) is 18.7. The molecule has 1 heterocycles. The van der Waals surface area contributed by atoms with Gasteiger partial charge in [0.2, 0.25) is 5.91 Å². The number of benzene rings is 1. The second kappa shape index (κ2) is 10.3. The van der Waals surface area contributed by atoms with E-state index in [0.717, 1.165) is 25.7 Å². The molecule has 1 aliphatic carbocycles. The van der Waals surface area contributed by atoms with Gasteiger partial charge in [0.15, 0.2) is 12.2 Å². The first-order valence-electron chi connectivity index (χ1n) is 10.8. The molecule has 9 heteroatoms. The van der Waals surface area contributed by atoms with Crippen molar-refractivity contribution in [1.29, 1.82) is 0 Å². The summed E-state index contributed by atoms with van der Waals surface area (Å²) >= 11 is 0. The van der Waals surface area contributed by atoms with Gasteiger partial charge >= 0.3 is 11.8 Å². The van der Waals surface area contributed by atoms with Crippen molar-refractivity contribution in [3.05, 3.63) is 30.8 Å². The molecule has 172 valence electrons. The predicted molar refractivity (Wildman–Crippen MR) is 119 cm³/mol. The lowest BCUT2D eigenvalue weighted by Crippen LogP contribution is -2.54. The van der Waals surface area contributed by atoms with Crippen LogP contribution in [-0.2, 0) is 14.4 Å². The highest BCUT2D eigenvalue weighted by Gasteiger charge is 2.27. The van der Waals surface area contributed by atoms with Crippen LogP contribution in [0.2, 0.25) is 0 Å². The highest BCUT2D eigenvalue weighted by Crippen LogP contribution is 2.32. The van der Waals surface area contributed by atoms with Crippen molar-refractivity contribution in [3.63, 3.8) is 0 Å². The van der Waals surface area contributed by atoms with E-state index < -0.39 is 17.4 Å². The number of amides is 3. The standard InChI is InChI=1S/C23H30N4O5/c1-23(2,13-25-20(28)15-7-5-4-6-8-15)27-22(30)21(29)26-16-9-10-17(18(11-16)31-3)19-12-24-14-32-19/h9-12,14-15H,4-8,13H2,1-3H3,(H,25,28)(H,26,29)(H,27,30). The van der Waals surface area contributed by atoms with Gasteiger partial charge in [0.25, 0.3) is 0 Å². The largest absolute Gasteiger partial charge is 0.496 e. The molecule has 1 saturated carbocycles. The van der Waals surface area contributed by atoms with Gasteiger partial charge in [-0.1, -0.05) is 19.3 Å². The Hall–Kier alpha value is -3.36. The van der Waals surface area contributed by atoms with Gasteiger partial charge in [-0.2, -0.15) is 0 Å². The lowest BCUT2D eigenvalue weighted by atomic mass is 9.88. The Bertz CT molecular complexity index is 949. The summed E-state index contributed by atoms with van der Waals surface area (Å²) in [6.45, 7) is 3.75. The van der Waals surface area contributed by atoms with Crippen LogP contribution in [0.25, 0.3) is 11.3 Å². The van der Waals surface area contributed by atoms with Crippen molar-refractivity contribution >= 4 is 23.4 Å². The molecule has 0 spiro atoms. The molecule has 1 aliphatic rings. The monoisotopic (exact) mass is 442 g/mol. The second-order valence-electron chi connectivity index (χ2n) is 8.63. The Labute approximate surface area is 187 Å². The van der Waals surface area contributed by atoms with Crippen LogP contribution in [-0.4, -0.2) is 41.9 Å². The Morgan fingerprint density at radius 2 is 1.91 bits per heavy atom. The number of aromatic nitrogens is 1. The van der Waals surface area contributed by atoms with Gasteiger partial charge in [-0.05, 0) is 38.8 Å². The summed E-state index contributed by atoms with van der Waals surface area (Å²) < 4.78 is 10.6. The summed E-state index contributed by atoms with van der Waals surface area (Å²) in [7, 11) is 1.50. The van der Waals surface area contributed by atoms with E-state index in [1.807, 2.05) is 0 Å². The van der Waals surface area contributed by atoms with Gasteiger partial charge in [-0.3, -0.25) is 14.4 Å². The van der Waals surface area contributed by atoms with Crippen LogP contribution in [0.3, 0.4) is 0 Å². The summed E-state index contributed by atoms with van der Waals surface area (Å²) in [4.78, 5) is 41.1. The lowest BCUT2D eigenvalue weighted by Gasteiger charge is -2.28. The van der Waals surface area contributed by atoms with Gasteiger partial charge in [0, 0.05) is 24.2 Å². The molecular weight excluding hydrogens is 412 g/mol. The number of carbonyl (C=O) groups is 3. The third-order valence-corrected chi connectivity index (χ3v) is 5.50. The third-order valence-electron chi connectivity index (χ3n) is 5.50. The summed E-state index contributed by atoms with van der Waals surface area (Å²) in [6.07, 6.45) is 7.99. The molecule has 0 radical (unpaired) electrons. The van der Waals surface area contributed by atoms with Crippen molar-refractivity contribution in [1.82, 2.24) is 15.6 Å². The zero-order chi connectivity index (χ0) is 23.1. The summed E-state index contributed by atoms with van der Waals surface area (Å²) in [5.74, 6) is -0.574. The fourth-order valence-electron chi connectivity index (χ4n) is 3.73. The Morgan fingerprint density at radius 3 is 2.56 bits per heavy atom. The maximum absolute atomic E-state index is 12.4. The number of oxazole rings is 1. The van der Waals surface area contributed by atoms with Gasteiger partial charge in [-0.15, -0.1) is 0 Å². The van der Waals surface area contributed by atoms with Gasteiger partial charge in [0.1, 0.15) is 5.75 Å². The van der Waals surface area contributed by atoms with E-state index in [1.54, 1.807) is 38.2 Å². The first-order valence-corrected chi connectivity index (χ1v) is 10.8. The first kappa shape index (κ1) is 23.3. The molecule has 0 bridgehead atoms. The first-order chi connectivity index (χ1) is 15.3. The van der Waals surface area contributed by atoms with Gasteiger partial charge in [0.05, 0.1) is 24.4 Å². The molecule has 1 fully saturated rings. The van der Waals surface area contributed by atoms with E-state index in [-0.39, 0.29) is 18.4 Å². The zero-order valence-corrected chi connectivity index (χ0v) is 18.7. The minimum absolute atomic E-state index is 0.00965. The fraction of sp³-hybridized carbons (Fsp3) is 0.478. The Morgan fingerprint density at radius 1 is 1.16 bits per heavy atom. The quantitative estimate of drug-likeness (QED) is 0.567. The van der Waals surface area contributed by atoms with E-state index in [4.69, 9.17) is 9.15 Å². The highest BCUT2D eigenvalue weighted by atomic mass is 16.5. The topological polar surface area (TPSA) is 123 Å². The minimum atomic E-state index is -0.814. The number of carbonyl (C=O) groups excluding carboxylic acids is 3. The predicted octanol–water partition coefficient (Wildman–Crippen LogP) is 2.88. The highest BCUT2D eigenvalue weighted by molar-refractivity contribution is 6.39. The Kier molecular flexibility index (Phi) is 7.50. The molecule has 0 aliphatic heterocycles. The second-order valence-corrected chi connectivity index (χ2v) is 8.63. The van der Waals surface area contributed by atoms with Crippen LogP contribution >= 0.6 is 0 Å². The number of anilines is 1. The molecular formula is C23H30N4O5. The summed E-state index contributed by atoms with van der Waals surface area (Å²) in [6, 6.07) is 4.94. The number of nitrogens with one attached hydrogen (secondary N) is 3. The molecule has 3 amide bonds. The Balaban J connectivity index is 1.54. The SMILES string of the molecule is COc1cc(NC(=O)C(=O)NC(C)(C)CNC(=O)C2CCCCC2)ccc1-c1cnco1. The molecule has 0 saturated heterocycles. The van der Waals surface area contributed by atoms with Crippen LogP contribution in [0, 0.1) is 5.92 Å². The summed E-state index contributed by atoms with van der Waals surface area (Å²) in [5.41, 5.74) is 0.281. The normalized spacial score (nSPS) is 14.5. The molecule has 1 aromatic carbocycles. The van der Waals surface area contributed by atoms with E-state index in [2.05, 4.69) is 20.9 Å². The fourth-order valence-corrected chi connectivity index (χ4v) is 3.73. The molecule has 0 unspecified atom stereocenters. The summed E-state index contributed by atoms with van der Waals surface area (Å²) in [5, 5.41) is 8.15. The number of nitrogens with zero attached hydrogens (tertiary/aromatic N) is 1. The maximum Gasteiger partial charge on any atom is 0.313 e. The van der Waals surface area contributed by atoms with Crippen LogP contribution in [0.15, 0.2) is 35.2 Å². The molecule has 1 aromatic heterocycles. The number of hydrogen-bond donors (Lipinski definition) is 3. The van der Waals surface area contributed by atoms with Crippen molar-refractivity contribution in [2.45, 2.75) is 51.5 Å². The number of methoxy groups -OCH3 is 1. The van der Waals surface area contributed by atoms with E-state index in [9.17, 15) is 14.4 Å². The number of ether oxygens (including phenoxy) is 1. The molecule has 2 aromatic rings. The smallest absolute Gasteiger partial charge is 0.313 e. The van der Waals surface area contributed by atoms with Crippen LogP contribution < -0.4 is 20.7 Å². The minimum Gasteiger partial charge on any atom is -0.496 e.